The number of fused-ring (bicyclic) bond motifs is 12. The Balaban J connectivity index is 0.000000143. The zero-order valence-corrected chi connectivity index (χ0v) is 47.8. The molecule has 0 fully saturated rings. The molecule has 13 aromatic carbocycles. The van der Waals surface area contributed by atoms with E-state index < -0.39 is 10.0 Å². The number of aromatic nitrogens is 4. The zero-order chi connectivity index (χ0) is 57.5. The van der Waals surface area contributed by atoms with Gasteiger partial charge in [-0.1, -0.05) is 200 Å². The van der Waals surface area contributed by atoms with Crippen LogP contribution in [0, 0.1) is 6.92 Å². The van der Waals surface area contributed by atoms with Crippen molar-refractivity contribution in [2.75, 3.05) is 0 Å². The van der Waals surface area contributed by atoms with Crippen LogP contribution in [0.2, 0.25) is 0 Å². The number of nitrogens with zero attached hydrogens (tertiary/aromatic N) is 3. The van der Waals surface area contributed by atoms with Gasteiger partial charge in [0.05, 0.1) is 38.0 Å². The van der Waals surface area contributed by atoms with Crippen molar-refractivity contribution in [2.24, 2.45) is 0 Å². The first-order chi connectivity index (χ1) is 42.3. The maximum Gasteiger partial charge on any atom is 0.268 e. The van der Waals surface area contributed by atoms with Crippen LogP contribution in [-0.2, 0) is 10.0 Å². The third kappa shape index (κ3) is 8.50. The second-order valence-corrected chi connectivity index (χ2v) is 24.1. The Kier molecular flexibility index (Phi) is 12.0. The van der Waals surface area contributed by atoms with E-state index in [4.69, 9.17) is 0 Å². The molecule has 86 heavy (non-hydrogen) atoms. The Morgan fingerprint density at radius 2 is 0.616 bits per heavy atom. The monoisotopic (exact) mass is 1120 g/mol. The average Bonchev–Trinajstić information content (AvgIpc) is 1.75. The molecule has 0 spiro atoms. The summed E-state index contributed by atoms with van der Waals surface area (Å²) in [4.78, 5) is 3.84. The molecule has 0 radical (unpaired) electrons. The Bertz CT molecular complexity index is 5390. The van der Waals surface area contributed by atoms with E-state index in [0.717, 1.165) is 60.5 Å². The minimum Gasteiger partial charge on any atom is -0.355 e. The number of aryl methyl sites for hydroxylation is 1. The predicted octanol–water partition coefficient (Wildman–Crippen LogP) is 20.5. The molecule has 0 atom stereocenters. The van der Waals surface area contributed by atoms with E-state index >= 15 is 0 Å². The second kappa shape index (κ2) is 20.4. The van der Waals surface area contributed by atoms with Crippen LogP contribution >= 0.6 is 0 Å². The van der Waals surface area contributed by atoms with Crippen molar-refractivity contribution >= 4 is 97.2 Å². The van der Waals surface area contributed by atoms with Crippen molar-refractivity contribution in [3.63, 3.8) is 0 Å². The number of rotatable bonds is 8. The molecule has 408 valence electrons. The van der Waals surface area contributed by atoms with Gasteiger partial charge in [0.1, 0.15) is 0 Å². The third-order valence-electron chi connectivity index (χ3n) is 17.1. The highest BCUT2D eigenvalue weighted by molar-refractivity contribution is 7.90. The van der Waals surface area contributed by atoms with Gasteiger partial charge in [-0.2, -0.15) is 0 Å². The summed E-state index contributed by atoms with van der Waals surface area (Å²) >= 11 is 0. The molecular weight excluding hydrogens is 1070 g/mol. The molecule has 0 aliphatic carbocycles. The highest BCUT2D eigenvalue weighted by Crippen LogP contribution is 2.42. The summed E-state index contributed by atoms with van der Waals surface area (Å²) in [7, 11) is -3.85. The normalized spacial score (nSPS) is 11.9. The number of nitrogens with one attached hydrogen (secondary N) is 1. The number of H-pyrrole nitrogens is 1. The highest BCUT2D eigenvalue weighted by Gasteiger charge is 2.25. The van der Waals surface area contributed by atoms with Crippen LogP contribution in [-0.4, -0.2) is 26.5 Å². The standard InChI is InChI=1S/C43H30N2O2S.C36H24N2/c1-29-16-21-35(22-17-29)48(46,47)45-42-15-9-8-14-36(42)39-28-34(20-25-43(39)45)44-40-23-18-32(30-10-4-2-5-11-30)26-37(40)38-27-33(19-24-41(38)44)31-12-6-3-7-13-31;1-3-9-24(10-4-1)26-15-19-35-31(21-26)32-22-27(25-11-5-2-6-12-25)16-20-36(32)38(35)28-17-18-34-30(23-28)29-13-7-8-14-33(29)37-34/h2-28H,1H3;1-23,37H. The molecule has 17 aromatic rings. The fourth-order valence-corrected chi connectivity index (χ4v) is 14.5. The van der Waals surface area contributed by atoms with Crippen molar-refractivity contribution < 1.29 is 8.42 Å². The van der Waals surface area contributed by atoms with Crippen LogP contribution in [0.1, 0.15) is 5.56 Å². The van der Waals surface area contributed by atoms with Crippen LogP contribution in [0.3, 0.4) is 0 Å². The predicted molar refractivity (Wildman–Crippen MR) is 359 cm³/mol. The fraction of sp³-hybridized carbons (Fsp3) is 0.0127. The summed E-state index contributed by atoms with van der Waals surface area (Å²) in [5, 5.41) is 9.12. The van der Waals surface area contributed by atoms with Crippen molar-refractivity contribution in [1.82, 2.24) is 18.1 Å². The van der Waals surface area contributed by atoms with Gasteiger partial charge >= 0.3 is 0 Å². The van der Waals surface area contributed by atoms with Crippen molar-refractivity contribution in [2.45, 2.75) is 11.8 Å². The molecule has 0 unspecified atom stereocenters. The van der Waals surface area contributed by atoms with Gasteiger partial charge in [-0.15, -0.1) is 0 Å². The Morgan fingerprint density at radius 3 is 1.08 bits per heavy atom. The number of aromatic amines is 1. The van der Waals surface area contributed by atoms with Gasteiger partial charge in [0, 0.05) is 65.5 Å². The molecule has 4 heterocycles. The van der Waals surface area contributed by atoms with Crippen molar-refractivity contribution in [3.8, 4) is 55.9 Å². The van der Waals surface area contributed by atoms with E-state index in [-0.39, 0.29) is 4.90 Å². The lowest BCUT2D eigenvalue weighted by Crippen LogP contribution is -2.12. The van der Waals surface area contributed by atoms with E-state index in [0.29, 0.717) is 11.0 Å². The molecule has 4 aromatic heterocycles. The molecule has 0 saturated heterocycles. The summed E-state index contributed by atoms with van der Waals surface area (Å²) in [6, 6.07) is 106. The van der Waals surface area contributed by atoms with Gasteiger partial charge in [0.15, 0.2) is 0 Å². The van der Waals surface area contributed by atoms with Crippen LogP contribution in [0.15, 0.2) is 308 Å². The highest BCUT2D eigenvalue weighted by atomic mass is 32.2. The third-order valence-corrected chi connectivity index (χ3v) is 18.9. The number of hydrogen-bond donors (Lipinski definition) is 1. The number of benzene rings is 13. The van der Waals surface area contributed by atoms with Crippen LogP contribution < -0.4 is 0 Å². The smallest absolute Gasteiger partial charge is 0.268 e. The van der Waals surface area contributed by atoms with Crippen molar-refractivity contribution in [3.05, 3.63) is 309 Å². The fourth-order valence-electron chi connectivity index (χ4n) is 13.0. The zero-order valence-electron chi connectivity index (χ0n) is 46.9. The van der Waals surface area contributed by atoms with Gasteiger partial charge in [0.2, 0.25) is 0 Å². The molecule has 0 bridgehead atoms. The maximum absolute atomic E-state index is 14.2. The molecule has 0 aliphatic heterocycles. The number of hydrogen-bond acceptors (Lipinski definition) is 2. The molecule has 6 nitrogen and oxygen atoms in total. The molecule has 0 saturated carbocycles. The minimum atomic E-state index is -3.85. The second-order valence-electron chi connectivity index (χ2n) is 22.3. The minimum absolute atomic E-state index is 0.269. The first-order valence-corrected chi connectivity index (χ1v) is 30.5. The van der Waals surface area contributed by atoms with E-state index in [1.807, 2.05) is 67.6 Å². The van der Waals surface area contributed by atoms with Gasteiger partial charge < -0.3 is 14.1 Å². The summed E-state index contributed by atoms with van der Waals surface area (Å²) in [6.07, 6.45) is 0. The molecule has 7 heteroatoms. The van der Waals surface area contributed by atoms with Gasteiger partial charge in [-0.3, -0.25) is 0 Å². The molecule has 0 amide bonds. The van der Waals surface area contributed by atoms with Gasteiger partial charge in [-0.25, -0.2) is 12.4 Å². The van der Waals surface area contributed by atoms with E-state index in [2.05, 4.69) is 245 Å². The van der Waals surface area contributed by atoms with E-state index in [1.165, 1.54) is 81.1 Å². The molecular formula is C79H54N4O2S. The van der Waals surface area contributed by atoms with Gasteiger partial charge in [0.25, 0.3) is 10.0 Å². The summed E-state index contributed by atoms with van der Waals surface area (Å²) in [5.74, 6) is 0. The van der Waals surface area contributed by atoms with Crippen LogP contribution in [0.4, 0.5) is 0 Å². The summed E-state index contributed by atoms with van der Waals surface area (Å²) < 4.78 is 34.5. The lowest BCUT2D eigenvalue weighted by molar-refractivity contribution is 0.590. The SMILES string of the molecule is Cc1ccc(S(=O)(=O)n2c3ccccc3c3cc(-n4c5ccc(-c6ccccc6)cc5c5cc(-c6ccccc6)ccc54)ccc32)cc1.c1ccc(-c2ccc3c(c2)c2cc(-c4ccccc4)ccc2n3-c2ccc3[nH]c4ccccc4c3c2)cc1. The van der Waals surface area contributed by atoms with E-state index in [9.17, 15) is 8.42 Å². The molecule has 1 N–H and O–H groups in total. The topological polar surface area (TPSA) is 64.7 Å². The lowest BCUT2D eigenvalue weighted by Gasteiger charge is -2.11. The molecule has 17 rings (SSSR count). The largest absolute Gasteiger partial charge is 0.355 e. The van der Waals surface area contributed by atoms with Crippen LogP contribution in [0.5, 0.6) is 0 Å². The first kappa shape index (κ1) is 50.7. The quantitative estimate of drug-likeness (QED) is 0.165. The van der Waals surface area contributed by atoms with Crippen LogP contribution in [0.25, 0.3) is 143 Å². The van der Waals surface area contributed by atoms with Crippen molar-refractivity contribution in [1.29, 1.82) is 0 Å². The van der Waals surface area contributed by atoms with Gasteiger partial charge in [-0.05, 0) is 161 Å². The number of para-hydroxylation sites is 2. The maximum atomic E-state index is 14.2. The lowest BCUT2D eigenvalue weighted by atomic mass is 10.0. The summed E-state index contributed by atoms with van der Waals surface area (Å²) in [5.41, 5.74) is 21.0. The Morgan fingerprint density at radius 1 is 0.267 bits per heavy atom. The van der Waals surface area contributed by atoms with E-state index in [1.54, 1.807) is 12.1 Å². The first-order valence-electron chi connectivity index (χ1n) is 29.1. The Hall–Kier alpha value is -11.0. The Labute approximate surface area is 497 Å². The summed E-state index contributed by atoms with van der Waals surface area (Å²) in [6.45, 7) is 1.96. The molecule has 0 aliphatic rings. The average molecular weight is 1120 g/mol.